The van der Waals surface area contributed by atoms with Gasteiger partial charge in [0.1, 0.15) is 0 Å². The standard InChI is InChI=1S/C60H39N3/c1-4-17-41(18-5-1)59-62-56(44-20-14-19-42(36-44)45-21-15-35-61-39-45)38-57(63-59)52-32-31-48(50-27-12-13-28-51(50)52)43-30-33-54-53(37-43)58-49-26-11-10-16-40(49)29-34-55(58)60(54,46-22-6-2-7-23-46)47-24-8-3-9-25-47/h1-39H. The van der Waals surface area contributed by atoms with Crippen LogP contribution >= 0.6 is 0 Å². The van der Waals surface area contributed by atoms with E-state index in [4.69, 9.17) is 9.97 Å². The van der Waals surface area contributed by atoms with E-state index in [9.17, 15) is 0 Å². The fraction of sp³-hybridized carbons (Fsp3) is 0.0167. The number of aromatic nitrogens is 3. The van der Waals surface area contributed by atoms with Crippen molar-refractivity contribution in [2.45, 2.75) is 5.41 Å². The molecule has 0 atom stereocenters. The molecule has 0 bridgehead atoms. The minimum Gasteiger partial charge on any atom is -0.264 e. The second-order valence-corrected chi connectivity index (χ2v) is 16.3. The van der Waals surface area contributed by atoms with Gasteiger partial charge in [-0.2, -0.15) is 0 Å². The van der Waals surface area contributed by atoms with E-state index < -0.39 is 5.41 Å². The van der Waals surface area contributed by atoms with Crippen LogP contribution in [-0.4, -0.2) is 15.0 Å². The second kappa shape index (κ2) is 15.0. The monoisotopic (exact) mass is 801 g/mol. The normalized spacial score (nSPS) is 12.6. The van der Waals surface area contributed by atoms with Gasteiger partial charge in [-0.15, -0.1) is 0 Å². The third kappa shape index (κ3) is 6.01. The summed E-state index contributed by atoms with van der Waals surface area (Å²) in [6, 6.07) is 81.0. The van der Waals surface area contributed by atoms with E-state index in [0.29, 0.717) is 5.82 Å². The van der Waals surface area contributed by atoms with Crippen molar-refractivity contribution >= 4 is 21.5 Å². The van der Waals surface area contributed by atoms with Crippen molar-refractivity contribution in [2.24, 2.45) is 0 Å². The van der Waals surface area contributed by atoms with E-state index in [2.05, 4.69) is 205 Å². The highest BCUT2D eigenvalue weighted by molar-refractivity contribution is 6.08. The lowest BCUT2D eigenvalue weighted by atomic mass is 9.67. The molecule has 3 nitrogen and oxygen atoms in total. The molecule has 63 heavy (non-hydrogen) atoms. The van der Waals surface area contributed by atoms with Crippen LogP contribution in [0, 0.1) is 0 Å². The molecule has 0 aliphatic heterocycles. The zero-order chi connectivity index (χ0) is 41.7. The highest BCUT2D eigenvalue weighted by Crippen LogP contribution is 2.58. The van der Waals surface area contributed by atoms with Gasteiger partial charge in [0, 0.05) is 34.6 Å². The average Bonchev–Trinajstić information content (AvgIpc) is 3.68. The largest absolute Gasteiger partial charge is 0.264 e. The Morgan fingerprint density at radius 1 is 0.333 bits per heavy atom. The molecule has 2 heterocycles. The van der Waals surface area contributed by atoms with Gasteiger partial charge in [-0.3, -0.25) is 4.98 Å². The van der Waals surface area contributed by atoms with E-state index in [0.717, 1.165) is 44.6 Å². The summed E-state index contributed by atoms with van der Waals surface area (Å²) >= 11 is 0. The van der Waals surface area contributed by atoms with Gasteiger partial charge >= 0.3 is 0 Å². The Kier molecular flexibility index (Phi) is 8.72. The first-order valence-corrected chi connectivity index (χ1v) is 21.5. The van der Waals surface area contributed by atoms with E-state index in [1.165, 1.54) is 60.7 Å². The van der Waals surface area contributed by atoms with Crippen LogP contribution in [0.4, 0.5) is 0 Å². The van der Waals surface area contributed by atoms with Gasteiger partial charge in [0.05, 0.1) is 16.8 Å². The number of rotatable bonds is 7. The predicted molar refractivity (Wildman–Crippen MR) is 259 cm³/mol. The summed E-state index contributed by atoms with van der Waals surface area (Å²) in [4.78, 5) is 14.8. The topological polar surface area (TPSA) is 38.7 Å². The third-order valence-corrected chi connectivity index (χ3v) is 12.9. The minimum absolute atomic E-state index is 0.486. The zero-order valence-electron chi connectivity index (χ0n) is 34.4. The maximum Gasteiger partial charge on any atom is 0.160 e. The molecule has 2 aromatic heterocycles. The molecule has 1 aliphatic rings. The SMILES string of the molecule is c1ccc(-c2nc(-c3cccc(-c4cccnc4)c3)cc(-c3ccc(-c4ccc5c(c4)-c4c(ccc6ccccc46)C5(c4ccccc4)c4ccccc4)c4ccccc34)n2)cc1. The molecule has 294 valence electrons. The molecular formula is C60H39N3. The molecule has 12 rings (SSSR count). The molecule has 9 aromatic carbocycles. The Bertz CT molecular complexity index is 3450. The fourth-order valence-electron chi connectivity index (χ4n) is 10.0. The summed E-state index contributed by atoms with van der Waals surface area (Å²) in [6.45, 7) is 0. The average molecular weight is 802 g/mol. The van der Waals surface area contributed by atoms with Crippen molar-refractivity contribution in [3.05, 3.63) is 259 Å². The molecule has 11 aromatic rings. The number of hydrogen-bond acceptors (Lipinski definition) is 3. The summed E-state index contributed by atoms with van der Waals surface area (Å²) in [5.41, 5.74) is 16.5. The number of fused-ring (bicyclic) bond motifs is 6. The highest BCUT2D eigenvalue weighted by atomic mass is 14.9. The summed E-state index contributed by atoms with van der Waals surface area (Å²) in [6.07, 6.45) is 3.71. The Morgan fingerprint density at radius 3 is 1.68 bits per heavy atom. The number of hydrogen-bond donors (Lipinski definition) is 0. The van der Waals surface area contributed by atoms with Gasteiger partial charge in [0.15, 0.2) is 5.82 Å². The molecule has 0 spiro atoms. The zero-order valence-corrected chi connectivity index (χ0v) is 34.4. The van der Waals surface area contributed by atoms with Crippen molar-refractivity contribution in [3.63, 3.8) is 0 Å². The van der Waals surface area contributed by atoms with Gasteiger partial charge < -0.3 is 0 Å². The van der Waals surface area contributed by atoms with Crippen LogP contribution in [0.25, 0.3) is 88.8 Å². The Hall–Kier alpha value is -8.27. The predicted octanol–water partition coefficient (Wildman–Crippen LogP) is 14.9. The molecule has 0 radical (unpaired) electrons. The number of pyridine rings is 1. The van der Waals surface area contributed by atoms with Crippen LogP contribution in [0.1, 0.15) is 22.3 Å². The van der Waals surface area contributed by atoms with Crippen molar-refractivity contribution in [3.8, 4) is 67.3 Å². The van der Waals surface area contributed by atoms with Crippen LogP contribution in [-0.2, 0) is 5.41 Å². The maximum atomic E-state index is 5.29. The highest BCUT2D eigenvalue weighted by Gasteiger charge is 2.46. The summed E-state index contributed by atoms with van der Waals surface area (Å²) in [7, 11) is 0. The van der Waals surface area contributed by atoms with E-state index in [1.54, 1.807) is 6.20 Å². The smallest absolute Gasteiger partial charge is 0.160 e. The molecular weight excluding hydrogens is 763 g/mol. The summed E-state index contributed by atoms with van der Waals surface area (Å²) in [5.74, 6) is 0.688. The molecule has 1 aliphatic carbocycles. The molecule has 3 heteroatoms. The molecule has 0 unspecified atom stereocenters. The van der Waals surface area contributed by atoms with Gasteiger partial charge in [0.25, 0.3) is 0 Å². The lowest BCUT2D eigenvalue weighted by Gasteiger charge is -2.34. The lowest BCUT2D eigenvalue weighted by Crippen LogP contribution is -2.28. The van der Waals surface area contributed by atoms with Crippen molar-refractivity contribution < 1.29 is 0 Å². The van der Waals surface area contributed by atoms with E-state index in [1.807, 2.05) is 30.5 Å². The first kappa shape index (κ1) is 36.6. The van der Waals surface area contributed by atoms with Gasteiger partial charge in [0.2, 0.25) is 0 Å². The molecule has 0 fully saturated rings. The van der Waals surface area contributed by atoms with Crippen molar-refractivity contribution in [1.29, 1.82) is 0 Å². The molecule has 0 saturated carbocycles. The molecule has 0 amide bonds. The summed E-state index contributed by atoms with van der Waals surface area (Å²) < 4.78 is 0. The number of benzene rings is 9. The van der Waals surface area contributed by atoms with Crippen LogP contribution in [0.5, 0.6) is 0 Å². The fourth-order valence-corrected chi connectivity index (χ4v) is 10.0. The quantitative estimate of drug-likeness (QED) is 0.161. The van der Waals surface area contributed by atoms with E-state index >= 15 is 0 Å². The first-order chi connectivity index (χ1) is 31.2. The van der Waals surface area contributed by atoms with Gasteiger partial charge in [-0.1, -0.05) is 200 Å². The van der Waals surface area contributed by atoms with Crippen LogP contribution in [0.15, 0.2) is 237 Å². The number of nitrogens with zero attached hydrogens (tertiary/aromatic N) is 3. The lowest BCUT2D eigenvalue weighted by molar-refractivity contribution is 0.769. The van der Waals surface area contributed by atoms with Crippen LogP contribution in [0.3, 0.4) is 0 Å². The van der Waals surface area contributed by atoms with Crippen molar-refractivity contribution in [2.75, 3.05) is 0 Å². The van der Waals surface area contributed by atoms with Crippen molar-refractivity contribution in [1.82, 2.24) is 15.0 Å². The Labute approximate surface area is 366 Å². The maximum absolute atomic E-state index is 5.29. The molecule has 0 saturated heterocycles. The van der Waals surface area contributed by atoms with Crippen LogP contribution < -0.4 is 0 Å². The second-order valence-electron chi connectivity index (χ2n) is 16.3. The Balaban J connectivity index is 1.05. The van der Waals surface area contributed by atoms with Crippen LogP contribution in [0.2, 0.25) is 0 Å². The Morgan fingerprint density at radius 2 is 0.937 bits per heavy atom. The minimum atomic E-state index is -0.486. The third-order valence-electron chi connectivity index (χ3n) is 12.9. The van der Waals surface area contributed by atoms with E-state index in [-0.39, 0.29) is 0 Å². The first-order valence-electron chi connectivity index (χ1n) is 21.5. The summed E-state index contributed by atoms with van der Waals surface area (Å²) in [5, 5.41) is 4.81. The van der Waals surface area contributed by atoms with Gasteiger partial charge in [-0.05, 0) is 95.9 Å². The molecule has 0 N–H and O–H groups in total. The van der Waals surface area contributed by atoms with Gasteiger partial charge in [-0.25, -0.2) is 9.97 Å².